The van der Waals surface area contributed by atoms with E-state index in [1.807, 2.05) is 6.07 Å². The van der Waals surface area contributed by atoms with Crippen LogP contribution in [0.25, 0.3) is 0 Å². The average molecular weight is 414 g/mol. The van der Waals surface area contributed by atoms with Crippen molar-refractivity contribution in [2.24, 2.45) is 35.5 Å². The number of rotatable bonds is 6. The van der Waals surface area contributed by atoms with Crippen molar-refractivity contribution in [1.82, 2.24) is 15.2 Å². The van der Waals surface area contributed by atoms with Crippen molar-refractivity contribution in [3.8, 4) is 0 Å². The molecule has 6 nitrogen and oxygen atoms in total. The first-order valence-electron chi connectivity index (χ1n) is 11.9. The first-order chi connectivity index (χ1) is 14.6. The van der Waals surface area contributed by atoms with Gasteiger partial charge in [-0.05, 0) is 99.1 Å². The topological polar surface area (TPSA) is 85.4 Å². The van der Waals surface area contributed by atoms with E-state index in [0.29, 0.717) is 24.9 Å². The van der Waals surface area contributed by atoms with Gasteiger partial charge in [-0.2, -0.15) is 0 Å². The number of aliphatic hydroxyl groups excluding tert-OH is 1. The van der Waals surface area contributed by atoms with Crippen LogP contribution < -0.4 is 10.9 Å². The van der Waals surface area contributed by atoms with Gasteiger partial charge in [-0.25, -0.2) is 0 Å². The van der Waals surface area contributed by atoms with Crippen molar-refractivity contribution in [1.29, 1.82) is 0 Å². The lowest BCUT2D eigenvalue weighted by molar-refractivity contribution is -0.0347. The molecule has 1 amide bonds. The lowest BCUT2D eigenvalue weighted by atomic mass is 9.52. The van der Waals surface area contributed by atoms with E-state index in [1.54, 1.807) is 6.07 Å². The zero-order valence-corrected chi connectivity index (χ0v) is 17.8. The second-order valence-corrected chi connectivity index (χ2v) is 10.5. The predicted molar refractivity (Wildman–Crippen MR) is 115 cm³/mol. The van der Waals surface area contributed by atoms with Crippen LogP contribution in [-0.4, -0.2) is 47.1 Å². The highest BCUT2D eigenvalue weighted by Gasteiger charge is 2.47. The van der Waals surface area contributed by atoms with Gasteiger partial charge in [0.25, 0.3) is 11.5 Å². The van der Waals surface area contributed by atoms with Gasteiger partial charge in [0.05, 0.1) is 0 Å². The highest BCUT2D eigenvalue weighted by atomic mass is 16.3. The van der Waals surface area contributed by atoms with Gasteiger partial charge in [-0.3, -0.25) is 14.5 Å². The number of aromatic nitrogens is 1. The van der Waals surface area contributed by atoms with Crippen LogP contribution in [-0.2, 0) is 6.54 Å². The second-order valence-electron chi connectivity index (χ2n) is 10.5. The van der Waals surface area contributed by atoms with E-state index in [4.69, 9.17) is 0 Å². The molecule has 0 aromatic carbocycles. The van der Waals surface area contributed by atoms with Crippen LogP contribution in [0.5, 0.6) is 0 Å². The van der Waals surface area contributed by atoms with Crippen LogP contribution in [0.3, 0.4) is 0 Å². The summed E-state index contributed by atoms with van der Waals surface area (Å²) in [5, 5.41) is 12.5. The summed E-state index contributed by atoms with van der Waals surface area (Å²) in [4.78, 5) is 30.5. The number of nitrogens with zero attached hydrogens (tertiary/aromatic N) is 1. The van der Waals surface area contributed by atoms with Crippen LogP contribution >= 0.6 is 0 Å². The molecule has 4 aliphatic carbocycles. The highest BCUT2D eigenvalue weighted by molar-refractivity contribution is 5.93. The Morgan fingerprint density at radius 3 is 2.53 bits per heavy atom. The molecule has 1 aliphatic heterocycles. The summed E-state index contributed by atoms with van der Waals surface area (Å²) < 4.78 is 0. The van der Waals surface area contributed by atoms with Crippen molar-refractivity contribution < 1.29 is 9.90 Å². The highest BCUT2D eigenvalue weighted by Crippen LogP contribution is 2.56. The van der Waals surface area contributed by atoms with Crippen LogP contribution in [0, 0.1) is 35.5 Å². The minimum absolute atomic E-state index is 0.217. The second kappa shape index (κ2) is 8.46. The molecule has 1 saturated heterocycles. The van der Waals surface area contributed by atoms with Gasteiger partial charge in [-0.1, -0.05) is 0 Å². The van der Waals surface area contributed by atoms with Crippen LogP contribution in [0.15, 0.2) is 16.9 Å². The van der Waals surface area contributed by atoms with Crippen LogP contribution in [0.2, 0.25) is 0 Å². The Morgan fingerprint density at radius 1 is 1.13 bits per heavy atom. The summed E-state index contributed by atoms with van der Waals surface area (Å²) in [7, 11) is 0. The number of likely N-dealkylation sites (tertiary alicyclic amines) is 1. The molecule has 1 unspecified atom stereocenters. The summed E-state index contributed by atoms with van der Waals surface area (Å²) in [6.45, 7) is 3.42. The first kappa shape index (κ1) is 20.3. The monoisotopic (exact) mass is 413 g/mol. The van der Waals surface area contributed by atoms with Gasteiger partial charge in [0, 0.05) is 31.9 Å². The van der Waals surface area contributed by atoms with Crippen molar-refractivity contribution in [3.63, 3.8) is 0 Å². The molecular weight excluding hydrogens is 378 g/mol. The maximum atomic E-state index is 12.7. The fourth-order valence-corrected chi connectivity index (χ4v) is 7.15. The van der Waals surface area contributed by atoms with Crippen molar-refractivity contribution >= 4 is 5.91 Å². The number of piperidine rings is 1. The number of H-pyrrole nitrogens is 1. The molecule has 2 heterocycles. The maximum absolute atomic E-state index is 12.7. The smallest absolute Gasteiger partial charge is 0.261 e. The summed E-state index contributed by atoms with van der Waals surface area (Å²) in [5.74, 6) is 4.09. The van der Waals surface area contributed by atoms with Gasteiger partial charge >= 0.3 is 0 Å². The third-order valence-corrected chi connectivity index (χ3v) is 8.39. The molecular formula is C24H35N3O3. The lowest BCUT2D eigenvalue weighted by Crippen LogP contribution is -2.49. The third-order valence-electron chi connectivity index (χ3n) is 8.39. The average Bonchev–Trinajstić information content (AvgIpc) is 2.73. The standard InChI is InChI=1S/C24H35N3O3/c28-14-15-2-1-5-27(12-15)13-20-3-4-21(24(30)26-20)23(29)25-11-22-18-7-16-6-17(9-18)10-19(22)8-16/h3-4,15-19,22,28H,1-2,5-14H2,(H,25,29)(H,26,30). The molecule has 1 aromatic heterocycles. The van der Waals surface area contributed by atoms with E-state index in [9.17, 15) is 14.7 Å². The molecule has 6 rings (SSSR count). The van der Waals surface area contributed by atoms with E-state index in [1.165, 1.54) is 32.1 Å². The normalized spacial score (nSPS) is 35.5. The van der Waals surface area contributed by atoms with E-state index >= 15 is 0 Å². The largest absolute Gasteiger partial charge is 0.396 e. The van der Waals surface area contributed by atoms with E-state index in [2.05, 4.69) is 15.2 Å². The molecule has 0 radical (unpaired) electrons. The number of carbonyl (C=O) groups is 1. The molecule has 6 heteroatoms. The van der Waals surface area contributed by atoms with Crippen molar-refractivity contribution in [3.05, 3.63) is 33.7 Å². The van der Waals surface area contributed by atoms with E-state index < -0.39 is 0 Å². The molecule has 5 aliphatic rings. The molecule has 1 atom stereocenters. The van der Waals surface area contributed by atoms with Gasteiger partial charge in [-0.15, -0.1) is 0 Å². The van der Waals surface area contributed by atoms with Gasteiger partial charge in [0.1, 0.15) is 5.56 Å². The lowest BCUT2D eigenvalue weighted by Gasteiger charge is -2.54. The van der Waals surface area contributed by atoms with Gasteiger partial charge in [0.2, 0.25) is 0 Å². The molecule has 3 N–H and O–H groups in total. The summed E-state index contributed by atoms with van der Waals surface area (Å²) in [5.41, 5.74) is 0.747. The molecule has 0 spiro atoms. The molecule has 5 fully saturated rings. The minimum atomic E-state index is -0.300. The van der Waals surface area contributed by atoms with E-state index in [-0.39, 0.29) is 23.6 Å². The minimum Gasteiger partial charge on any atom is -0.396 e. The van der Waals surface area contributed by atoms with Crippen molar-refractivity contribution in [2.45, 2.75) is 51.5 Å². The summed E-state index contributed by atoms with van der Waals surface area (Å²) in [6.07, 6.45) is 8.94. The fourth-order valence-electron chi connectivity index (χ4n) is 7.15. The quantitative estimate of drug-likeness (QED) is 0.668. The number of aromatic amines is 1. The van der Waals surface area contributed by atoms with E-state index in [0.717, 1.165) is 55.3 Å². The summed E-state index contributed by atoms with van der Waals surface area (Å²) >= 11 is 0. The molecule has 30 heavy (non-hydrogen) atoms. The van der Waals surface area contributed by atoms with Crippen LogP contribution in [0.4, 0.5) is 0 Å². The number of nitrogens with one attached hydrogen (secondary N) is 2. The maximum Gasteiger partial charge on any atom is 0.261 e. The Hall–Kier alpha value is -1.66. The first-order valence-corrected chi connectivity index (χ1v) is 11.9. The Kier molecular flexibility index (Phi) is 5.71. The zero-order chi connectivity index (χ0) is 20.7. The van der Waals surface area contributed by atoms with Crippen molar-refractivity contribution in [2.75, 3.05) is 26.2 Å². The predicted octanol–water partition coefficient (Wildman–Crippen LogP) is 2.38. The third kappa shape index (κ3) is 4.09. The zero-order valence-electron chi connectivity index (χ0n) is 17.8. The van der Waals surface area contributed by atoms with Crippen LogP contribution in [0.1, 0.15) is 61.0 Å². The summed E-state index contributed by atoms with van der Waals surface area (Å²) in [6, 6.07) is 3.54. The number of hydrogen-bond acceptors (Lipinski definition) is 4. The van der Waals surface area contributed by atoms with Gasteiger partial charge < -0.3 is 15.4 Å². The molecule has 4 saturated carbocycles. The Bertz CT molecular complexity index is 807. The SMILES string of the molecule is O=C(NCC1C2CC3CC(C2)CC1C3)c1ccc(CN2CCCC(CO)C2)[nH]c1=O. The fraction of sp³-hybridized carbons (Fsp3) is 0.750. The molecule has 4 bridgehead atoms. The molecule has 1 aromatic rings. The molecule has 164 valence electrons. The Morgan fingerprint density at radius 2 is 1.87 bits per heavy atom. The Labute approximate surface area is 178 Å². The number of carbonyl (C=O) groups excluding carboxylic acids is 1. The number of hydrogen-bond donors (Lipinski definition) is 3. The number of pyridine rings is 1. The number of aliphatic hydroxyl groups is 1. The van der Waals surface area contributed by atoms with Gasteiger partial charge in [0.15, 0.2) is 0 Å². The number of amides is 1. The Balaban J connectivity index is 1.18.